The van der Waals surface area contributed by atoms with Gasteiger partial charge in [0, 0.05) is 13.0 Å². The van der Waals surface area contributed by atoms with Gasteiger partial charge in [0.25, 0.3) is 0 Å². The van der Waals surface area contributed by atoms with E-state index < -0.39 is 0 Å². The second-order valence-corrected chi connectivity index (χ2v) is 6.90. The summed E-state index contributed by atoms with van der Waals surface area (Å²) in [5, 5.41) is 6.55. The topological polar surface area (TPSA) is 50.4 Å². The van der Waals surface area contributed by atoms with E-state index >= 15 is 0 Å². The number of nitrogens with one attached hydrogen (secondary N) is 2. The van der Waals surface area contributed by atoms with Crippen molar-refractivity contribution >= 4 is 5.91 Å². The van der Waals surface area contributed by atoms with E-state index in [-0.39, 0.29) is 24.1 Å². The molecular weight excluding hydrogens is 312 g/mol. The zero-order chi connectivity index (χ0) is 17.1. The lowest BCUT2D eigenvalue weighted by atomic mass is 9.87. The van der Waals surface area contributed by atoms with Crippen LogP contribution >= 0.6 is 0 Å². The Balaban J connectivity index is 1.35. The van der Waals surface area contributed by atoms with Crippen LogP contribution in [0, 0.1) is 0 Å². The maximum atomic E-state index is 12.7. The third kappa shape index (κ3) is 3.69. The van der Waals surface area contributed by atoms with E-state index in [1.165, 1.54) is 11.1 Å². The van der Waals surface area contributed by atoms with Crippen molar-refractivity contribution in [1.82, 2.24) is 10.6 Å². The standard InChI is InChI=1S/C21H24N2O2/c24-21(23-19-12-6-8-15-7-4-5-11-18(15)19)20-13-17(14-22-20)25-16-9-2-1-3-10-16/h1-5,7,9-11,17,19-20,22H,6,8,12-14H2,(H,23,24)/t17-,19+,20-/m0/s1. The van der Waals surface area contributed by atoms with Gasteiger partial charge in [-0.05, 0) is 42.5 Å². The average molecular weight is 336 g/mol. The van der Waals surface area contributed by atoms with Crippen molar-refractivity contribution in [1.29, 1.82) is 0 Å². The summed E-state index contributed by atoms with van der Waals surface area (Å²) >= 11 is 0. The molecule has 25 heavy (non-hydrogen) atoms. The van der Waals surface area contributed by atoms with Gasteiger partial charge in [-0.3, -0.25) is 4.79 Å². The lowest BCUT2D eigenvalue weighted by molar-refractivity contribution is -0.123. The fourth-order valence-corrected chi connectivity index (χ4v) is 3.86. The monoisotopic (exact) mass is 336 g/mol. The predicted octanol–water partition coefficient (Wildman–Crippen LogP) is 2.99. The van der Waals surface area contributed by atoms with Gasteiger partial charge in [-0.1, -0.05) is 42.5 Å². The Labute approximate surface area is 148 Å². The molecule has 1 heterocycles. The summed E-state index contributed by atoms with van der Waals surface area (Å²) in [4.78, 5) is 12.7. The highest BCUT2D eigenvalue weighted by molar-refractivity contribution is 5.82. The Morgan fingerprint density at radius 1 is 1.08 bits per heavy atom. The quantitative estimate of drug-likeness (QED) is 0.902. The molecule has 0 aromatic heterocycles. The Hall–Kier alpha value is -2.33. The lowest BCUT2D eigenvalue weighted by Gasteiger charge is -2.27. The molecule has 2 aromatic rings. The van der Waals surface area contributed by atoms with E-state index in [2.05, 4.69) is 34.9 Å². The highest BCUT2D eigenvalue weighted by Gasteiger charge is 2.32. The molecule has 1 aliphatic carbocycles. The number of rotatable bonds is 4. The van der Waals surface area contributed by atoms with Gasteiger partial charge in [-0.25, -0.2) is 0 Å². The summed E-state index contributed by atoms with van der Waals surface area (Å²) in [6.45, 7) is 0.703. The van der Waals surface area contributed by atoms with Crippen LogP contribution in [-0.4, -0.2) is 24.6 Å². The minimum absolute atomic E-state index is 0.0387. The number of carbonyl (C=O) groups excluding carboxylic acids is 1. The highest BCUT2D eigenvalue weighted by atomic mass is 16.5. The number of amides is 1. The molecule has 2 N–H and O–H groups in total. The van der Waals surface area contributed by atoms with E-state index in [0.717, 1.165) is 25.0 Å². The van der Waals surface area contributed by atoms with Crippen LogP contribution in [0.5, 0.6) is 5.75 Å². The molecule has 4 rings (SSSR count). The van der Waals surface area contributed by atoms with Gasteiger partial charge >= 0.3 is 0 Å². The van der Waals surface area contributed by atoms with Crippen molar-refractivity contribution in [2.75, 3.05) is 6.54 Å². The van der Waals surface area contributed by atoms with Gasteiger partial charge in [0.1, 0.15) is 11.9 Å². The summed E-state index contributed by atoms with van der Waals surface area (Å²) in [6, 6.07) is 18.2. The number of carbonyl (C=O) groups is 1. The van der Waals surface area contributed by atoms with E-state index in [9.17, 15) is 4.79 Å². The molecule has 0 spiro atoms. The molecule has 1 saturated heterocycles. The Bertz CT molecular complexity index is 732. The summed E-state index contributed by atoms with van der Waals surface area (Å²) in [5.74, 6) is 0.942. The number of aryl methyl sites for hydroxylation is 1. The van der Waals surface area contributed by atoms with Crippen LogP contribution in [0.3, 0.4) is 0 Å². The first-order valence-electron chi connectivity index (χ1n) is 9.13. The van der Waals surface area contributed by atoms with Crippen molar-refractivity contribution in [3.8, 4) is 5.75 Å². The third-order valence-electron chi connectivity index (χ3n) is 5.14. The van der Waals surface area contributed by atoms with Crippen molar-refractivity contribution in [3.63, 3.8) is 0 Å². The molecule has 1 aliphatic heterocycles. The smallest absolute Gasteiger partial charge is 0.237 e. The van der Waals surface area contributed by atoms with Gasteiger partial charge in [0.05, 0.1) is 12.1 Å². The minimum Gasteiger partial charge on any atom is -0.489 e. The summed E-state index contributed by atoms with van der Waals surface area (Å²) in [7, 11) is 0. The summed E-state index contributed by atoms with van der Waals surface area (Å²) in [6.07, 6.45) is 3.99. The number of benzene rings is 2. The van der Waals surface area contributed by atoms with Crippen LogP contribution in [0.15, 0.2) is 54.6 Å². The average Bonchev–Trinajstić information content (AvgIpc) is 3.11. The maximum Gasteiger partial charge on any atom is 0.237 e. The van der Waals surface area contributed by atoms with Crippen molar-refractivity contribution in [2.24, 2.45) is 0 Å². The Morgan fingerprint density at radius 2 is 1.88 bits per heavy atom. The van der Waals surface area contributed by atoms with Crippen LogP contribution in [0.4, 0.5) is 0 Å². The van der Waals surface area contributed by atoms with Crippen LogP contribution in [0.1, 0.15) is 36.4 Å². The highest BCUT2D eigenvalue weighted by Crippen LogP contribution is 2.29. The van der Waals surface area contributed by atoms with E-state index in [0.29, 0.717) is 13.0 Å². The van der Waals surface area contributed by atoms with Crippen LogP contribution in [-0.2, 0) is 11.2 Å². The molecular formula is C21H24N2O2. The zero-order valence-corrected chi connectivity index (χ0v) is 14.3. The molecule has 0 unspecified atom stereocenters. The van der Waals surface area contributed by atoms with Crippen LogP contribution in [0.25, 0.3) is 0 Å². The van der Waals surface area contributed by atoms with Gasteiger partial charge in [-0.2, -0.15) is 0 Å². The number of fused-ring (bicyclic) bond motifs is 1. The molecule has 0 radical (unpaired) electrons. The maximum absolute atomic E-state index is 12.7. The van der Waals surface area contributed by atoms with Gasteiger partial charge in [0.2, 0.25) is 5.91 Å². The van der Waals surface area contributed by atoms with Gasteiger partial charge < -0.3 is 15.4 Å². The Kier molecular flexibility index (Phi) is 4.70. The first-order chi connectivity index (χ1) is 12.3. The second-order valence-electron chi connectivity index (χ2n) is 6.90. The van der Waals surface area contributed by atoms with Crippen LogP contribution < -0.4 is 15.4 Å². The fraction of sp³-hybridized carbons (Fsp3) is 0.381. The zero-order valence-electron chi connectivity index (χ0n) is 14.3. The van der Waals surface area contributed by atoms with Gasteiger partial charge in [0.15, 0.2) is 0 Å². The molecule has 1 fully saturated rings. The molecule has 4 heteroatoms. The number of hydrogen-bond acceptors (Lipinski definition) is 3. The largest absolute Gasteiger partial charge is 0.489 e. The number of ether oxygens (including phenoxy) is 1. The van der Waals surface area contributed by atoms with Gasteiger partial charge in [-0.15, -0.1) is 0 Å². The molecule has 1 amide bonds. The second kappa shape index (κ2) is 7.28. The lowest BCUT2D eigenvalue weighted by Crippen LogP contribution is -2.42. The number of para-hydroxylation sites is 1. The number of hydrogen-bond donors (Lipinski definition) is 2. The first kappa shape index (κ1) is 16.2. The third-order valence-corrected chi connectivity index (χ3v) is 5.14. The molecule has 2 aliphatic rings. The van der Waals surface area contributed by atoms with E-state index in [1.54, 1.807) is 0 Å². The molecule has 2 aromatic carbocycles. The molecule has 4 nitrogen and oxygen atoms in total. The van der Waals surface area contributed by atoms with E-state index in [4.69, 9.17) is 4.74 Å². The first-order valence-corrected chi connectivity index (χ1v) is 9.13. The normalized spacial score (nSPS) is 25.2. The molecule has 3 atom stereocenters. The van der Waals surface area contributed by atoms with Crippen molar-refractivity contribution < 1.29 is 9.53 Å². The van der Waals surface area contributed by atoms with E-state index in [1.807, 2.05) is 30.3 Å². The van der Waals surface area contributed by atoms with Crippen LogP contribution in [0.2, 0.25) is 0 Å². The summed E-state index contributed by atoms with van der Waals surface area (Å²) in [5.41, 5.74) is 2.64. The minimum atomic E-state index is -0.178. The molecule has 0 saturated carbocycles. The fourth-order valence-electron chi connectivity index (χ4n) is 3.86. The molecule has 130 valence electrons. The summed E-state index contributed by atoms with van der Waals surface area (Å²) < 4.78 is 5.96. The van der Waals surface area contributed by atoms with Crippen molar-refractivity contribution in [2.45, 2.75) is 43.9 Å². The molecule has 0 bridgehead atoms. The van der Waals surface area contributed by atoms with Crippen molar-refractivity contribution in [3.05, 3.63) is 65.7 Å². The Morgan fingerprint density at radius 3 is 2.76 bits per heavy atom. The SMILES string of the molecule is O=C(N[C@@H]1CCCc2ccccc21)[C@@H]1C[C@H](Oc2ccccc2)CN1. The predicted molar refractivity (Wildman–Crippen MR) is 97.5 cm³/mol.